The van der Waals surface area contributed by atoms with E-state index in [0.29, 0.717) is 13.1 Å². The number of carbonyl (C=O) groups excluding carboxylic acids is 3. The highest BCUT2D eigenvalue weighted by Gasteiger charge is 2.51. The fourth-order valence-electron chi connectivity index (χ4n) is 4.91. The largest absolute Gasteiger partial charge is 0.336 e. The highest BCUT2D eigenvalue weighted by atomic mass is 32.1. The minimum Gasteiger partial charge on any atom is -0.336 e. The fraction of sp³-hybridized carbons (Fsp3) is 0.296. The van der Waals surface area contributed by atoms with Crippen molar-refractivity contribution in [1.82, 2.24) is 25.1 Å². The molecule has 0 unspecified atom stereocenters. The number of fused-ring (bicyclic) bond motifs is 1. The zero-order valence-electron chi connectivity index (χ0n) is 20.1. The number of hydrogen-bond acceptors (Lipinski definition) is 5. The van der Waals surface area contributed by atoms with Crippen molar-refractivity contribution in [1.29, 1.82) is 0 Å². The molecule has 3 heterocycles. The molecule has 5 rings (SSSR count). The van der Waals surface area contributed by atoms with E-state index in [9.17, 15) is 14.4 Å². The quantitative estimate of drug-likeness (QED) is 0.561. The van der Waals surface area contributed by atoms with Gasteiger partial charge < -0.3 is 15.1 Å². The lowest BCUT2D eigenvalue weighted by molar-refractivity contribution is -0.187. The molecule has 2 saturated heterocycles. The van der Waals surface area contributed by atoms with E-state index >= 15 is 0 Å². The molecule has 0 aliphatic carbocycles. The molecule has 0 spiro atoms. The van der Waals surface area contributed by atoms with Crippen LogP contribution in [0.4, 0.5) is 4.79 Å². The number of likely N-dealkylation sites (N-methyl/N-ethyl adjacent to an activating group) is 1. The van der Waals surface area contributed by atoms with E-state index in [1.807, 2.05) is 72.1 Å². The van der Waals surface area contributed by atoms with E-state index in [1.165, 1.54) is 4.88 Å². The summed E-state index contributed by atoms with van der Waals surface area (Å²) in [6, 6.07) is 22.0. The molecule has 2 fully saturated rings. The van der Waals surface area contributed by atoms with Gasteiger partial charge in [0, 0.05) is 25.0 Å². The van der Waals surface area contributed by atoms with Crippen LogP contribution < -0.4 is 5.32 Å². The smallest absolute Gasteiger partial charge is 0.334 e. The van der Waals surface area contributed by atoms with Crippen LogP contribution in [0.15, 0.2) is 78.2 Å². The van der Waals surface area contributed by atoms with Gasteiger partial charge in [-0.05, 0) is 29.0 Å². The Morgan fingerprint density at radius 1 is 1.00 bits per heavy atom. The number of piperazine rings is 1. The van der Waals surface area contributed by atoms with Crippen LogP contribution in [0.25, 0.3) is 0 Å². The Morgan fingerprint density at radius 2 is 1.72 bits per heavy atom. The van der Waals surface area contributed by atoms with Crippen LogP contribution in [0.3, 0.4) is 0 Å². The van der Waals surface area contributed by atoms with E-state index in [0.717, 1.165) is 17.5 Å². The van der Waals surface area contributed by atoms with Crippen LogP contribution in [-0.4, -0.2) is 70.5 Å². The maximum atomic E-state index is 13.8. The second kappa shape index (κ2) is 10.5. The molecule has 1 N–H and O–H groups in total. The topological polar surface area (TPSA) is 76.2 Å². The van der Waals surface area contributed by atoms with Crippen molar-refractivity contribution >= 4 is 29.2 Å². The normalized spacial score (nSPS) is 20.4. The number of rotatable bonds is 6. The van der Waals surface area contributed by atoms with Gasteiger partial charge in [-0.1, -0.05) is 66.7 Å². The van der Waals surface area contributed by atoms with Gasteiger partial charge in [0.15, 0.2) is 0 Å². The molecule has 2 atom stereocenters. The summed E-state index contributed by atoms with van der Waals surface area (Å²) in [5.74, 6) is -0.286. The third-order valence-electron chi connectivity index (χ3n) is 6.65. The number of thiophene rings is 1. The average molecular weight is 504 g/mol. The molecule has 9 heteroatoms. The third-order valence-corrected chi connectivity index (χ3v) is 7.59. The molecule has 2 aromatic carbocycles. The summed E-state index contributed by atoms with van der Waals surface area (Å²) in [7, 11) is 1.74. The third kappa shape index (κ3) is 4.84. The summed E-state index contributed by atoms with van der Waals surface area (Å²) in [5, 5.41) is 8.25. The number of amides is 4. The second-order valence-electron chi connectivity index (χ2n) is 9.01. The van der Waals surface area contributed by atoms with Crippen molar-refractivity contribution in [3.63, 3.8) is 0 Å². The van der Waals surface area contributed by atoms with Crippen molar-refractivity contribution in [3.05, 3.63) is 94.2 Å². The highest BCUT2D eigenvalue weighted by Crippen LogP contribution is 2.34. The molecule has 3 aromatic rings. The van der Waals surface area contributed by atoms with Gasteiger partial charge in [0.2, 0.25) is 11.8 Å². The first kappa shape index (κ1) is 24.0. The van der Waals surface area contributed by atoms with E-state index in [2.05, 4.69) is 11.4 Å². The van der Waals surface area contributed by atoms with E-state index in [-0.39, 0.29) is 30.9 Å². The second-order valence-corrected chi connectivity index (χ2v) is 10.0. The van der Waals surface area contributed by atoms with Crippen molar-refractivity contribution in [3.8, 4) is 0 Å². The lowest BCUT2D eigenvalue weighted by Crippen LogP contribution is -2.73. The number of hydrogen-bond donors (Lipinski definition) is 1. The fourth-order valence-corrected chi connectivity index (χ4v) is 5.61. The molecular weight excluding hydrogens is 474 g/mol. The number of carbonyl (C=O) groups is 3. The minimum atomic E-state index is -0.779. The summed E-state index contributed by atoms with van der Waals surface area (Å²) < 4.78 is 0. The van der Waals surface area contributed by atoms with Crippen molar-refractivity contribution in [2.75, 3.05) is 26.7 Å². The molecule has 36 heavy (non-hydrogen) atoms. The van der Waals surface area contributed by atoms with E-state index in [1.54, 1.807) is 38.2 Å². The molecule has 8 nitrogen and oxygen atoms in total. The van der Waals surface area contributed by atoms with Gasteiger partial charge in [0.05, 0.1) is 13.1 Å². The first-order valence-corrected chi connectivity index (χ1v) is 12.9. The Labute approximate surface area is 214 Å². The number of benzene rings is 2. The molecular formula is C27H29N5O3S. The Bertz CT molecular complexity index is 1200. The van der Waals surface area contributed by atoms with Gasteiger partial charge in [-0.2, -0.15) is 0 Å². The molecule has 186 valence electrons. The van der Waals surface area contributed by atoms with Gasteiger partial charge in [0.25, 0.3) is 0 Å². The molecule has 1 aromatic heterocycles. The average Bonchev–Trinajstić information content (AvgIpc) is 3.41. The zero-order valence-corrected chi connectivity index (χ0v) is 20.9. The monoisotopic (exact) mass is 503 g/mol. The SMILES string of the molecule is CN1CC(=O)N2[C@@H](c3ccccc3)C(=O)N(CCc3cccs3)C[C@@H]2N1C(=O)NCc1ccccc1. The van der Waals surface area contributed by atoms with Crippen LogP contribution >= 0.6 is 11.3 Å². The standard InChI is InChI=1S/C27H29N5O3S/c1-29-19-24(33)31-23(32(29)27(35)28-17-20-9-4-2-5-10-20)18-30(15-14-22-13-8-16-36-22)26(34)25(31)21-11-6-3-7-12-21/h2-13,16,23,25H,14-15,17-19H2,1H3,(H,28,35)/t23-,25-/m0/s1. The maximum absolute atomic E-state index is 13.8. The van der Waals surface area contributed by atoms with Crippen LogP contribution in [0.5, 0.6) is 0 Å². The lowest BCUT2D eigenvalue weighted by Gasteiger charge is -2.54. The predicted molar refractivity (Wildman–Crippen MR) is 138 cm³/mol. The van der Waals surface area contributed by atoms with Crippen molar-refractivity contribution in [2.24, 2.45) is 0 Å². The summed E-state index contributed by atoms with van der Waals surface area (Å²) in [5.41, 5.74) is 1.73. The molecule has 2 aliphatic rings. The minimum absolute atomic E-state index is 0.0149. The summed E-state index contributed by atoms with van der Waals surface area (Å²) in [4.78, 5) is 45.1. The van der Waals surface area contributed by atoms with E-state index in [4.69, 9.17) is 0 Å². The van der Waals surface area contributed by atoms with Crippen molar-refractivity contribution < 1.29 is 14.4 Å². The van der Waals surface area contributed by atoms with Gasteiger partial charge >= 0.3 is 6.03 Å². The lowest BCUT2D eigenvalue weighted by atomic mass is 9.98. The molecule has 0 radical (unpaired) electrons. The van der Waals surface area contributed by atoms with Gasteiger partial charge in [-0.3, -0.25) is 9.59 Å². The maximum Gasteiger partial charge on any atom is 0.334 e. The zero-order chi connectivity index (χ0) is 25.1. The number of nitrogens with zero attached hydrogens (tertiary/aromatic N) is 4. The van der Waals surface area contributed by atoms with Gasteiger partial charge in [-0.15, -0.1) is 11.3 Å². The Balaban J connectivity index is 1.44. The number of hydrazine groups is 1. The van der Waals surface area contributed by atoms with Gasteiger partial charge in [-0.25, -0.2) is 14.8 Å². The van der Waals surface area contributed by atoms with E-state index < -0.39 is 12.2 Å². The van der Waals surface area contributed by atoms with Crippen LogP contribution in [0.2, 0.25) is 0 Å². The Kier molecular flexibility index (Phi) is 7.02. The first-order valence-electron chi connectivity index (χ1n) is 12.0. The van der Waals surface area contributed by atoms with Crippen LogP contribution in [0, 0.1) is 0 Å². The highest BCUT2D eigenvalue weighted by molar-refractivity contribution is 7.09. The Morgan fingerprint density at radius 3 is 2.42 bits per heavy atom. The first-order chi connectivity index (χ1) is 17.5. The van der Waals surface area contributed by atoms with Gasteiger partial charge in [0.1, 0.15) is 12.2 Å². The molecule has 0 bridgehead atoms. The number of nitrogens with one attached hydrogen (secondary N) is 1. The summed E-state index contributed by atoms with van der Waals surface area (Å²) in [6.45, 7) is 1.15. The summed E-state index contributed by atoms with van der Waals surface area (Å²) >= 11 is 1.66. The molecule has 2 aliphatic heterocycles. The van der Waals surface area contributed by atoms with Crippen LogP contribution in [-0.2, 0) is 22.6 Å². The molecule has 0 saturated carbocycles. The van der Waals surface area contributed by atoms with Crippen LogP contribution in [0.1, 0.15) is 22.0 Å². The molecule has 4 amide bonds. The predicted octanol–water partition coefficient (Wildman–Crippen LogP) is 3.10. The number of urea groups is 1. The summed E-state index contributed by atoms with van der Waals surface area (Å²) in [6.07, 6.45) is 0.111. The van der Waals surface area contributed by atoms with Crippen molar-refractivity contribution in [2.45, 2.75) is 25.2 Å². The Hall–Kier alpha value is -3.69.